The van der Waals surface area contributed by atoms with Gasteiger partial charge in [0, 0.05) is 24.0 Å². The molecule has 47 heavy (non-hydrogen) atoms. The van der Waals surface area contributed by atoms with Crippen molar-refractivity contribution in [2.24, 2.45) is 0 Å². The zero-order chi connectivity index (χ0) is 33.6. The first-order valence-corrected chi connectivity index (χ1v) is 17.9. The van der Waals surface area contributed by atoms with Crippen molar-refractivity contribution >= 4 is 39.1 Å². The normalized spacial score (nSPS) is 14.0. The number of hydrogen-bond donors (Lipinski definition) is 1. The lowest BCUT2D eigenvalue weighted by Crippen LogP contribution is -2.54. The predicted octanol–water partition coefficient (Wildman–Crippen LogP) is 7.16. The average Bonchev–Trinajstić information content (AvgIpc) is 3.57. The average molecular weight is 672 g/mol. The minimum Gasteiger partial charge on any atom is -0.352 e. The highest BCUT2D eigenvalue weighted by Gasteiger charge is 2.36. The highest BCUT2D eigenvalue weighted by molar-refractivity contribution is 7.92. The summed E-state index contributed by atoms with van der Waals surface area (Å²) in [5.74, 6) is -0.773. The first-order chi connectivity index (χ1) is 22.5. The molecule has 0 radical (unpaired) electrons. The lowest BCUT2D eigenvalue weighted by Gasteiger charge is -2.35. The van der Waals surface area contributed by atoms with Crippen LogP contribution in [0.15, 0.2) is 102 Å². The minimum absolute atomic E-state index is 0.0271. The summed E-state index contributed by atoms with van der Waals surface area (Å²) in [7, 11) is -4.18. The Kier molecular flexibility index (Phi) is 11.0. The Bertz CT molecular complexity index is 1810. The van der Waals surface area contributed by atoms with Gasteiger partial charge in [0.1, 0.15) is 12.6 Å². The molecule has 0 saturated heterocycles. The lowest BCUT2D eigenvalue weighted by atomic mass is 10.0. The lowest BCUT2D eigenvalue weighted by molar-refractivity contribution is -0.140. The Hall–Kier alpha value is -4.14. The second-order valence-electron chi connectivity index (χ2n) is 12.4. The summed E-state index contributed by atoms with van der Waals surface area (Å²) in [4.78, 5) is 30.5. The topological polar surface area (TPSA) is 86.8 Å². The Morgan fingerprint density at radius 3 is 2.17 bits per heavy atom. The number of halogens is 1. The standard InChI is InChI=1S/C38H42ClN3O4S/c1-27-18-21-33(22-19-27)47(45,46)42(35-23-28(2)17-20-29(35)3)26-37(43)41(25-31-13-7-10-16-34(31)39)36(24-30-11-5-4-6-12-30)38(44)40-32-14-8-9-15-32/h4-7,10-13,16-23,32,36H,8-9,14-15,24-26H2,1-3H3,(H,40,44)/t36-/m1/s1. The minimum atomic E-state index is -4.18. The molecule has 246 valence electrons. The first-order valence-electron chi connectivity index (χ1n) is 16.1. The Labute approximate surface area is 283 Å². The maximum Gasteiger partial charge on any atom is 0.264 e. The van der Waals surface area contributed by atoms with E-state index < -0.39 is 28.5 Å². The molecule has 7 nitrogen and oxygen atoms in total. The molecular weight excluding hydrogens is 630 g/mol. The smallest absolute Gasteiger partial charge is 0.264 e. The summed E-state index contributed by atoms with van der Waals surface area (Å²) in [6, 6.07) is 28.0. The maximum atomic E-state index is 14.7. The van der Waals surface area contributed by atoms with Gasteiger partial charge in [-0.1, -0.05) is 103 Å². The van der Waals surface area contributed by atoms with Crippen molar-refractivity contribution in [2.45, 2.75) is 76.4 Å². The predicted molar refractivity (Wildman–Crippen MR) is 188 cm³/mol. The molecule has 5 rings (SSSR count). The molecule has 1 aliphatic rings. The van der Waals surface area contributed by atoms with E-state index in [0.717, 1.165) is 42.4 Å². The fraction of sp³-hybridized carbons (Fsp3) is 0.316. The van der Waals surface area contributed by atoms with Crippen LogP contribution in [0, 0.1) is 20.8 Å². The molecule has 1 saturated carbocycles. The number of carbonyl (C=O) groups excluding carboxylic acids is 2. The van der Waals surface area contributed by atoms with Crippen molar-refractivity contribution < 1.29 is 18.0 Å². The zero-order valence-electron chi connectivity index (χ0n) is 27.2. The van der Waals surface area contributed by atoms with Gasteiger partial charge >= 0.3 is 0 Å². The SMILES string of the molecule is Cc1ccc(S(=O)(=O)N(CC(=O)N(Cc2ccccc2Cl)[C@H](Cc2ccccc2)C(=O)NC2CCCC2)c2cc(C)ccc2C)cc1. The van der Waals surface area contributed by atoms with Crippen LogP contribution in [0.3, 0.4) is 0 Å². The number of aryl methyl sites for hydroxylation is 3. The molecule has 1 N–H and O–H groups in total. The largest absolute Gasteiger partial charge is 0.352 e. The fourth-order valence-electron chi connectivity index (χ4n) is 6.07. The molecular formula is C38H42ClN3O4S. The number of benzene rings is 4. The van der Waals surface area contributed by atoms with Gasteiger partial charge in [0.05, 0.1) is 10.6 Å². The van der Waals surface area contributed by atoms with E-state index in [1.165, 1.54) is 9.21 Å². The van der Waals surface area contributed by atoms with Gasteiger partial charge in [0.2, 0.25) is 11.8 Å². The summed E-state index contributed by atoms with van der Waals surface area (Å²) >= 11 is 6.62. The third kappa shape index (κ3) is 8.42. The second-order valence-corrected chi connectivity index (χ2v) is 14.7. The van der Waals surface area contributed by atoms with Crippen LogP contribution in [0.1, 0.15) is 53.5 Å². The fourth-order valence-corrected chi connectivity index (χ4v) is 7.74. The van der Waals surface area contributed by atoms with E-state index in [-0.39, 0.29) is 29.8 Å². The number of anilines is 1. The molecule has 4 aromatic rings. The Balaban J connectivity index is 1.60. The highest BCUT2D eigenvalue weighted by atomic mass is 35.5. The third-order valence-corrected chi connectivity index (χ3v) is 10.9. The summed E-state index contributed by atoms with van der Waals surface area (Å²) in [6.07, 6.45) is 4.11. The molecule has 0 unspecified atom stereocenters. The number of nitrogens with one attached hydrogen (secondary N) is 1. The molecule has 1 atom stereocenters. The molecule has 1 aliphatic carbocycles. The van der Waals surface area contributed by atoms with E-state index in [1.807, 2.05) is 81.4 Å². The van der Waals surface area contributed by atoms with Crippen molar-refractivity contribution in [3.8, 4) is 0 Å². The molecule has 2 amide bonds. The molecule has 0 heterocycles. The molecule has 0 spiro atoms. The van der Waals surface area contributed by atoms with Crippen LogP contribution in [0.25, 0.3) is 0 Å². The van der Waals surface area contributed by atoms with E-state index in [2.05, 4.69) is 5.32 Å². The van der Waals surface area contributed by atoms with Gasteiger partial charge in [0.25, 0.3) is 10.0 Å². The number of sulfonamides is 1. The summed E-state index contributed by atoms with van der Waals surface area (Å²) in [5.41, 5.74) is 4.43. The monoisotopic (exact) mass is 671 g/mol. The second kappa shape index (κ2) is 15.2. The molecule has 4 aromatic carbocycles. The van der Waals surface area contributed by atoms with Crippen molar-refractivity contribution in [3.63, 3.8) is 0 Å². The van der Waals surface area contributed by atoms with Crippen LogP contribution in [0.4, 0.5) is 5.69 Å². The Morgan fingerprint density at radius 2 is 1.49 bits per heavy atom. The van der Waals surface area contributed by atoms with E-state index in [0.29, 0.717) is 21.8 Å². The van der Waals surface area contributed by atoms with Gasteiger partial charge in [-0.3, -0.25) is 13.9 Å². The van der Waals surface area contributed by atoms with Crippen LogP contribution >= 0.6 is 11.6 Å². The van der Waals surface area contributed by atoms with E-state index in [4.69, 9.17) is 11.6 Å². The summed E-state index contributed by atoms with van der Waals surface area (Å²) in [6.45, 7) is 5.12. The number of hydrogen-bond acceptors (Lipinski definition) is 4. The number of rotatable bonds is 12. The van der Waals surface area contributed by atoms with E-state index in [1.54, 1.807) is 36.4 Å². The zero-order valence-corrected chi connectivity index (χ0v) is 28.7. The highest BCUT2D eigenvalue weighted by Crippen LogP contribution is 2.30. The van der Waals surface area contributed by atoms with Crippen LogP contribution in [0.2, 0.25) is 5.02 Å². The first kappa shape index (κ1) is 34.2. The Morgan fingerprint density at radius 1 is 0.851 bits per heavy atom. The summed E-state index contributed by atoms with van der Waals surface area (Å²) < 4.78 is 29.9. The third-order valence-electron chi connectivity index (χ3n) is 8.79. The van der Waals surface area contributed by atoms with Crippen molar-refractivity contribution in [1.29, 1.82) is 0 Å². The molecule has 0 aliphatic heterocycles. The van der Waals surface area contributed by atoms with Crippen LogP contribution in [0.5, 0.6) is 0 Å². The van der Waals surface area contributed by atoms with Gasteiger partial charge in [0.15, 0.2) is 0 Å². The molecule has 9 heteroatoms. The van der Waals surface area contributed by atoms with Gasteiger partial charge in [-0.15, -0.1) is 0 Å². The van der Waals surface area contributed by atoms with Gasteiger partial charge < -0.3 is 10.2 Å². The quantitative estimate of drug-likeness (QED) is 0.173. The number of nitrogens with zero attached hydrogens (tertiary/aromatic N) is 2. The van der Waals surface area contributed by atoms with E-state index >= 15 is 0 Å². The van der Waals surface area contributed by atoms with Crippen LogP contribution < -0.4 is 9.62 Å². The van der Waals surface area contributed by atoms with Gasteiger partial charge in [-0.25, -0.2) is 8.42 Å². The van der Waals surface area contributed by atoms with Crippen molar-refractivity contribution in [3.05, 3.63) is 130 Å². The van der Waals surface area contributed by atoms with Gasteiger partial charge in [-0.05, 0) is 80.1 Å². The number of carbonyl (C=O) groups is 2. The molecule has 0 bridgehead atoms. The van der Waals surface area contributed by atoms with Gasteiger partial charge in [-0.2, -0.15) is 0 Å². The maximum absolute atomic E-state index is 14.7. The van der Waals surface area contributed by atoms with Crippen LogP contribution in [-0.4, -0.2) is 43.8 Å². The van der Waals surface area contributed by atoms with Crippen molar-refractivity contribution in [1.82, 2.24) is 10.2 Å². The summed E-state index contributed by atoms with van der Waals surface area (Å²) in [5, 5.41) is 3.66. The molecule has 0 aromatic heterocycles. The van der Waals surface area contributed by atoms with E-state index in [9.17, 15) is 18.0 Å². The molecule has 1 fully saturated rings. The van der Waals surface area contributed by atoms with Crippen LogP contribution in [-0.2, 0) is 32.6 Å². The van der Waals surface area contributed by atoms with Crippen molar-refractivity contribution in [2.75, 3.05) is 10.8 Å². The number of amides is 2.